The molecule has 6 rings (SSSR count). The summed E-state index contributed by atoms with van der Waals surface area (Å²) in [7, 11) is 5.74. The van der Waals surface area contributed by atoms with Crippen LogP contribution in [-0.2, 0) is 80.0 Å². The molecule has 3 heterocycles. The van der Waals surface area contributed by atoms with E-state index in [-0.39, 0.29) is 75.3 Å². The first-order valence-electron chi connectivity index (χ1n) is 36.6. The Kier molecular flexibility index (Phi) is 30.3. The molecule has 26 nitrogen and oxygen atoms in total. The summed E-state index contributed by atoms with van der Waals surface area (Å²) in [5, 5.41) is 7.85. The fourth-order valence-corrected chi connectivity index (χ4v) is 16.4. The van der Waals surface area contributed by atoms with Crippen LogP contribution in [0, 0.1) is 17.8 Å². The van der Waals surface area contributed by atoms with Crippen LogP contribution >= 0.6 is 11.6 Å². The number of likely N-dealkylation sites (tertiary alicyclic amines) is 1. The molecule has 31 heteroatoms. The zero-order chi connectivity index (χ0) is 76.9. The smallest absolute Gasteiger partial charge is 0.343 e. The molecule has 5 aliphatic rings. The van der Waals surface area contributed by atoms with Gasteiger partial charge in [0.05, 0.1) is 29.3 Å². The van der Waals surface area contributed by atoms with E-state index in [4.69, 9.17) is 11.6 Å². The van der Waals surface area contributed by atoms with Crippen molar-refractivity contribution in [2.45, 2.75) is 242 Å². The fraction of sp³-hybridized carbons (Fsp3) is 0.750. The number of carbonyl (C=O) groups excluding carboxylic acids is 12. The summed E-state index contributed by atoms with van der Waals surface area (Å²) < 4.78 is 67.3. The van der Waals surface area contributed by atoms with Crippen molar-refractivity contribution in [2.75, 3.05) is 87.5 Å². The summed E-state index contributed by atoms with van der Waals surface area (Å²) in [6.07, 6.45) is 2.78. The summed E-state index contributed by atoms with van der Waals surface area (Å²) in [5.74, 6) is -10.4. The Labute approximate surface area is 610 Å². The maximum Gasteiger partial charge on any atom is 0.417 e. The van der Waals surface area contributed by atoms with Gasteiger partial charge in [-0.3, -0.25) is 57.5 Å². The first kappa shape index (κ1) is 84.8. The van der Waals surface area contributed by atoms with Crippen molar-refractivity contribution in [2.24, 2.45) is 17.8 Å². The Morgan fingerprint density at radius 1 is 0.650 bits per heavy atom. The maximum atomic E-state index is 15.5. The third-order valence-corrected chi connectivity index (χ3v) is 23.0. The highest BCUT2D eigenvalue weighted by Gasteiger charge is 2.51. The lowest BCUT2D eigenvalue weighted by atomic mass is 9.84. The molecule has 2 saturated carbocycles. The minimum Gasteiger partial charge on any atom is -0.343 e. The molecule has 5 fully saturated rings. The van der Waals surface area contributed by atoms with Crippen LogP contribution in [-0.4, -0.2) is 271 Å². The molecule has 1 spiro atoms. The number of carbonyl (C=O) groups is 12. The maximum absolute atomic E-state index is 15.5. The fourth-order valence-electron chi connectivity index (χ4n) is 15.4. The van der Waals surface area contributed by atoms with Crippen molar-refractivity contribution in [3.8, 4) is 0 Å². The Morgan fingerprint density at radius 2 is 1.25 bits per heavy atom. The lowest BCUT2D eigenvalue weighted by Gasteiger charge is -2.42. The topological polar surface area (TPSA) is 304 Å². The molecular formula is C72H112ClF3N12O14S. The number of benzene rings is 1. The summed E-state index contributed by atoms with van der Waals surface area (Å²) >= 11 is 6.15. The van der Waals surface area contributed by atoms with Crippen LogP contribution in [0.4, 0.5) is 13.2 Å². The molecule has 2 aliphatic carbocycles. The van der Waals surface area contributed by atoms with E-state index in [0.29, 0.717) is 45.2 Å². The van der Waals surface area contributed by atoms with Gasteiger partial charge in [0.15, 0.2) is 0 Å². The van der Waals surface area contributed by atoms with Crippen molar-refractivity contribution in [1.82, 2.24) is 60.0 Å². The van der Waals surface area contributed by atoms with Crippen LogP contribution in [0.1, 0.15) is 181 Å². The van der Waals surface area contributed by atoms with Gasteiger partial charge in [-0.15, -0.1) is 0 Å². The number of fused-ring (bicyclic) bond motifs is 1. The largest absolute Gasteiger partial charge is 0.417 e. The van der Waals surface area contributed by atoms with Crippen LogP contribution < -0.4 is 16.0 Å². The number of aryl methyl sites for hydroxylation is 1. The average Bonchev–Trinajstić information content (AvgIpc) is 1.75. The number of sulfone groups is 1. The number of nitrogens with one attached hydrogen (secondary N) is 3. The highest BCUT2D eigenvalue weighted by Crippen LogP contribution is 2.37. The van der Waals surface area contributed by atoms with E-state index in [1.807, 2.05) is 0 Å². The first-order valence-corrected chi connectivity index (χ1v) is 39.0. The first-order chi connectivity index (χ1) is 48.2. The third kappa shape index (κ3) is 21.6. The van der Waals surface area contributed by atoms with Gasteiger partial charge in [-0.25, -0.2) is 8.42 Å². The molecule has 3 saturated heterocycles. The van der Waals surface area contributed by atoms with Crippen molar-refractivity contribution in [3.63, 3.8) is 0 Å². The van der Waals surface area contributed by atoms with Crippen LogP contribution in [0.2, 0.25) is 5.02 Å². The number of halogens is 4. The number of likely N-dealkylation sites (N-methyl/N-ethyl adjacent to an activating group) is 7. The quantitative estimate of drug-likeness (QED) is 0.233. The van der Waals surface area contributed by atoms with Gasteiger partial charge in [-0.1, -0.05) is 97.2 Å². The van der Waals surface area contributed by atoms with Crippen molar-refractivity contribution >= 4 is 92.3 Å². The number of rotatable bonds is 13. The van der Waals surface area contributed by atoms with Gasteiger partial charge >= 0.3 is 6.18 Å². The number of hydrogen-bond donors (Lipinski definition) is 3. The van der Waals surface area contributed by atoms with Gasteiger partial charge in [-0.05, 0) is 126 Å². The van der Waals surface area contributed by atoms with E-state index in [1.165, 1.54) is 77.0 Å². The van der Waals surface area contributed by atoms with E-state index < -0.39 is 188 Å². The zero-order valence-corrected chi connectivity index (χ0v) is 64.3. The van der Waals surface area contributed by atoms with E-state index in [9.17, 15) is 45.6 Å². The molecule has 9 atom stereocenters. The summed E-state index contributed by atoms with van der Waals surface area (Å²) in [5.41, 5.74) is -2.43. The molecule has 0 bridgehead atoms. The van der Waals surface area contributed by atoms with Crippen LogP contribution in [0.15, 0.2) is 18.2 Å². The third-order valence-electron chi connectivity index (χ3n) is 21.7. The lowest BCUT2D eigenvalue weighted by molar-refractivity contribution is -0.156. The summed E-state index contributed by atoms with van der Waals surface area (Å²) in [6.45, 7) is 10.0. The molecule has 1 aromatic carbocycles. The number of amides is 12. The monoisotopic (exact) mass is 1490 g/mol. The predicted molar refractivity (Wildman–Crippen MR) is 381 cm³/mol. The minimum atomic E-state index is -4.78. The van der Waals surface area contributed by atoms with Gasteiger partial charge in [0.1, 0.15) is 69.8 Å². The predicted octanol–water partition coefficient (Wildman–Crippen LogP) is 5.05. The second-order valence-electron chi connectivity index (χ2n) is 30.1. The standard InChI is InChI=1S/C72H112ClF3N12O14S/c1-15-53-67(97)84(11)56(41-47-25-18-16-19-26-47)66(96)80(7)43-58(89)77-51(31-29-48-28-30-49(50(73)40-48)72(74,75)76)65(95)88-37-24-27-54(88)62(92)79-71(33-20-21-34-71)70(100)86(13)60(45(4)5)69(99)85(12)57(68(98)87-35-22-17-23-36-87)42-59(90)82(9)55(39-44(2)3)61(91)78-52(32-38-103(14,101)102)64(94)81(8)46(6)63(93)83(53)10/h28,30,40,44-47,51-57,60H,15-27,29,31-39,41-43H2,1-14H3,(H,77,89)(H,78,91)(H,79,92)/t46-,51-,52-,53-,54-,55-,56-,57-,60-/m0/s1. The Hall–Kier alpha value is -7.11. The van der Waals surface area contributed by atoms with E-state index >= 15 is 33.6 Å². The summed E-state index contributed by atoms with van der Waals surface area (Å²) in [6, 6.07) is -9.14. The zero-order valence-electron chi connectivity index (χ0n) is 62.7. The van der Waals surface area contributed by atoms with Gasteiger partial charge in [0, 0.05) is 75.2 Å². The van der Waals surface area contributed by atoms with Crippen LogP contribution in [0.25, 0.3) is 0 Å². The Bertz CT molecular complexity index is 3360. The van der Waals surface area contributed by atoms with Crippen LogP contribution in [0.5, 0.6) is 0 Å². The SMILES string of the molecule is CC[C@H]1C(=O)N(C)[C@@H](CC2CCCCC2)C(=O)N(C)CC(=O)N[C@@H](CCc2ccc(C(F)(F)F)c(Cl)c2)C(=O)N2CCC[C@H]2C(=O)NC2(CCCC2)C(=O)N(C)[C@@H](C(C)C)C(=O)N(C)[C@H](C(=O)N2CCCCC2)CC(=O)N(C)[C@@H](CC(C)C)C(=O)N[C@@H](CCS(C)(=O)=O)C(=O)N(C)[C@@H](C)C(=O)N1C. The van der Waals surface area contributed by atoms with Crippen LogP contribution in [0.3, 0.4) is 0 Å². The average molecular weight is 1490 g/mol. The number of alkyl halides is 3. The molecule has 12 amide bonds. The number of hydrogen-bond acceptors (Lipinski definition) is 14. The molecule has 0 aromatic heterocycles. The molecule has 103 heavy (non-hydrogen) atoms. The van der Waals surface area contributed by atoms with E-state index in [0.717, 1.165) is 81.4 Å². The molecular weight excluding hydrogens is 1380 g/mol. The Morgan fingerprint density at radius 3 is 1.83 bits per heavy atom. The Balaban J connectivity index is 1.46. The molecule has 0 radical (unpaired) electrons. The highest BCUT2D eigenvalue weighted by atomic mass is 35.5. The van der Waals surface area contributed by atoms with Gasteiger partial charge < -0.3 is 60.0 Å². The lowest BCUT2D eigenvalue weighted by Crippen LogP contribution is -2.65. The highest BCUT2D eigenvalue weighted by molar-refractivity contribution is 7.90. The van der Waals surface area contributed by atoms with Gasteiger partial charge in [-0.2, -0.15) is 13.2 Å². The molecule has 3 aliphatic heterocycles. The number of piperidine rings is 1. The molecule has 3 N–H and O–H groups in total. The van der Waals surface area contributed by atoms with Gasteiger partial charge in [0.2, 0.25) is 70.9 Å². The van der Waals surface area contributed by atoms with Gasteiger partial charge in [0.25, 0.3) is 0 Å². The minimum absolute atomic E-state index is 0.00332. The molecule has 578 valence electrons. The second-order valence-corrected chi connectivity index (χ2v) is 32.8. The van der Waals surface area contributed by atoms with Crippen molar-refractivity contribution < 1.29 is 79.1 Å². The molecule has 1 aromatic rings. The van der Waals surface area contributed by atoms with E-state index in [1.54, 1.807) is 39.5 Å². The number of nitrogens with zero attached hydrogens (tertiary/aromatic N) is 9. The molecule has 0 unspecified atom stereocenters. The summed E-state index contributed by atoms with van der Waals surface area (Å²) in [4.78, 5) is 191. The van der Waals surface area contributed by atoms with Crippen molar-refractivity contribution in [1.29, 1.82) is 0 Å². The van der Waals surface area contributed by atoms with Crippen molar-refractivity contribution in [3.05, 3.63) is 34.3 Å². The normalized spacial score (nSPS) is 26.8. The second kappa shape index (κ2) is 36.7. The van der Waals surface area contributed by atoms with E-state index in [2.05, 4.69) is 16.0 Å².